The third-order valence-corrected chi connectivity index (χ3v) is 3.25. The molecule has 17 heavy (non-hydrogen) atoms. The van der Waals surface area contributed by atoms with Crippen LogP contribution in [0.2, 0.25) is 0 Å². The van der Waals surface area contributed by atoms with Gasteiger partial charge in [0.1, 0.15) is 0 Å². The molecule has 1 heterocycles. The zero-order valence-electron chi connectivity index (χ0n) is 9.96. The topological polar surface area (TPSA) is 66.3 Å². The first kappa shape index (κ1) is 11.8. The Hall–Kier alpha value is -1.65. The largest absolute Gasteiger partial charge is 0.481 e. The quantitative estimate of drug-likeness (QED) is 0.840. The highest BCUT2D eigenvalue weighted by atomic mass is 16.4. The van der Waals surface area contributed by atoms with Crippen LogP contribution in [0.5, 0.6) is 0 Å². The summed E-state index contributed by atoms with van der Waals surface area (Å²) >= 11 is 0. The van der Waals surface area contributed by atoms with Crippen molar-refractivity contribution < 1.29 is 9.90 Å². The van der Waals surface area contributed by atoms with Crippen LogP contribution in [0, 0.1) is 0 Å². The van der Waals surface area contributed by atoms with E-state index in [1.807, 2.05) is 24.1 Å². The SMILES string of the molecule is CN(CCC(=O)O)c1ccc(C2CCC2)nn1. The molecule has 5 heteroatoms. The van der Waals surface area contributed by atoms with Gasteiger partial charge in [0.05, 0.1) is 12.1 Å². The van der Waals surface area contributed by atoms with Crippen molar-refractivity contribution >= 4 is 11.8 Å². The van der Waals surface area contributed by atoms with Crippen molar-refractivity contribution in [3.05, 3.63) is 17.8 Å². The van der Waals surface area contributed by atoms with Crippen molar-refractivity contribution in [2.75, 3.05) is 18.5 Å². The van der Waals surface area contributed by atoms with Gasteiger partial charge in [-0.3, -0.25) is 4.79 Å². The first-order valence-electron chi connectivity index (χ1n) is 5.93. The van der Waals surface area contributed by atoms with Gasteiger partial charge in [0, 0.05) is 19.5 Å². The Bertz CT molecular complexity index is 387. The second-order valence-corrected chi connectivity index (χ2v) is 4.51. The molecule has 0 radical (unpaired) electrons. The van der Waals surface area contributed by atoms with Crippen LogP contribution in [-0.2, 0) is 4.79 Å². The van der Waals surface area contributed by atoms with E-state index in [-0.39, 0.29) is 6.42 Å². The molecule has 2 rings (SSSR count). The van der Waals surface area contributed by atoms with Gasteiger partial charge < -0.3 is 10.0 Å². The van der Waals surface area contributed by atoms with Gasteiger partial charge >= 0.3 is 5.97 Å². The number of anilines is 1. The van der Waals surface area contributed by atoms with Crippen molar-refractivity contribution in [3.8, 4) is 0 Å². The summed E-state index contributed by atoms with van der Waals surface area (Å²) in [6.07, 6.45) is 3.82. The molecule has 5 nitrogen and oxygen atoms in total. The Balaban J connectivity index is 1.94. The fourth-order valence-electron chi connectivity index (χ4n) is 1.84. The maximum atomic E-state index is 10.5. The summed E-state index contributed by atoms with van der Waals surface area (Å²) in [5.74, 6) is 0.520. The first-order valence-corrected chi connectivity index (χ1v) is 5.93. The summed E-state index contributed by atoms with van der Waals surface area (Å²) in [5.41, 5.74) is 1.06. The number of hydrogen-bond donors (Lipinski definition) is 1. The lowest BCUT2D eigenvalue weighted by Crippen LogP contribution is -2.22. The second-order valence-electron chi connectivity index (χ2n) is 4.51. The average molecular weight is 235 g/mol. The van der Waals surface area contributed by atoms with E-state index in [9.17, 15) is 4.79 Å². The lowest BCUT2D eigenvalue weighted by molar-refractivity contribution is -0.136. The van der Waals surface area contributed by atoms with Gasteiger partial charge in [0.25, 0.3) is 0 Å². The number of nitrogens with zero attached hydrogens (tertiary/aromatic N) is 3. The van der Waals surface area contributed by atoms with Crippen LogP contribution in [0.25, 0.3) is 0 Å². The van der Waals surface area contributed by atoms with Crippen molar-refractivity contribution in [1.82, 2.24) is 10.2 Å². The summed E-state index contributed by atoms with van der Waals surface area (Å²) in [7, 11) is 1.83. The van der Waals surface area contributed by atoms with Gasteiger partial charge in [-0.05, 0) is 25.0 Å². The highest BCUT2D eigenvalue weighted by Crippen LogP contribution is 2.34. The molecule has 0 aromatic carbocycles. The lowest BCUT2D eigenvalue weighted by Gasteiger charge is -2.24. The fourth-order valence-corrected chi connectivity index (χ4v) is 1.84. The van der Waals surface area contributed by atoms with Crippen molar-refractivity contribution in [1.29, 1.82) is 0 Å². The predicted molar refractivity (Wildman–Crippen MR) is 64.1 cm³/mol. The zero-order chi connectivity index (χ0) is 12.3. The molecule has 1 aliphatic carbocycles. The number of aliphatic carboxylic acids is 1. The molecule has 1 aliphatic rings. The molecule has 1 saturated carbocycles. The number of hydrogen-bond acceptors (Lipinski definition) is 4. The third-order valence-electron chi connectivity index (χ3n) is 3.25. The molecule has 0 unspecified atom stereocenters. The molecule has 1 N–H and O–H groups in total. The van der Waals surface area contributed by atoms with E-state index in [0.717, 1.165) is 11.5 Å². The van der Waals surface area contributed by atoms with Crippen LogP contribution in [0.3, 0.4) is 0 Å². The second kappa shape index (κ2) is 5.12. The summed E-state index contributed by atoms with van der Waals surface area (Å²) in [5, 5.41) is 17.0. The number of carboxylic acids is 1. The van der Waals surface area contributed by atoms with Gasteiger partial charge in [-0.2, -0.15) is 5.10 Å². The Kier molecular flexibility index (Phi) is 3.56. The maximum absolute atomic E-state index is 10.5. The van der Waals surface area contributed by atoms with E-state index in [0.29, 0.717) is 12.5 Å². The van der Waals surface area contributed by atoms with Gasteiger partial charge in [0.15, 0.2) is 5.82 Å². The van der Waals surface area contributed by atoms with E-state index in [4.69, 9.17) is 5.11 Å². The highest BCUT2D eigenvalue weighted by molar-refractivity contribution is 5.67. The molecule has 1 aromatic heterocycles. The molecule has 0 aliphatic heterocycles. The van der Waals surface area contributed by atoms with Crippen LogP contribution in [0.15, 0.2) is 12.1 Å². The molecule has 0 bridgehead atoms. The predicted octanol–water partition coefficient (Wildman–Crippen LogP) is 1.66. The fraction of sp³-hybridized carbons (Fsp3) is 0.583. The Morgan fingerprint density at radius 1 is 1.47 bits per heavy atom. The van der Waals surface area contributed by atoms with Gasteiger partial charge in [-0.15, -0.1) is 5.10 Å². The molecule has 1 fully saturated rings. The molecule has 0 spiro atoms. The van der Waals surface area contributed by atoms with Gasteiger partial charge in [0.2, 0.25) is 0 Å². The summed E-state index contributed by atoms with van der Waals surface area (Å²) in [4.78, 5) is 12.3. The molecule has 0 amide bonds. The smallest absolute Gasteiger partial charge is 0.305 e. The van der Waals surface area contributed by atoms with Crippen LogP contribution >= 0.6 is 0 Å². The van der Waals surface area contributed by atoms with Crippen LogP contribution in [-0.4, -0.2) is 34.9 Å². The van der Waals surface area contributed by atoms with Crippen molar-refractivity contribution in [2.24, 2.45) is 0 Å². The van der Waals surface area contributed by atoms with E-state index >= 15 is 0 Å². The van der Waals surface area contributed by atoms with E-state index < -0.39 is 5.97 Å². The Morgan fingerprint density at radius 3 is 2.71 bits per heavy atom. The van der Waals surface area contributed by atoms with Gasteiger partial charge in [-0.25, -0.2) is 0 Å². The first-order chi connectivity index (χ1) is 8.16. The Labute approximate surface area is 100 Å². The molecule has 1 aromatic rings. The van der Waals surface area contributed by atoms with Crippen molar-refractivity contribution in [2.45, 2.75) is 31.6 Å². The van der Waals surface area contributed by atoms with E-state index in [1.54, 1.807) is 0 Å². The third kappa shape index (κ3) is 2.93. The summed E-state index contributed by atoms with van der Waals surface area (Å²) in [6, 6.07) is 3.92. The highest BCUT2D eigenvalue weighted by Gasteiger charge is 2.21. The number of rotatable bonds is 5. The minimum absolute atomic E-state index is 0.114. The van der Waals surface area contributed by atoms with Crippen LogP contribution in [0.1, 0.15) is 37.3 Å². The van der Waals surface area contributed by atoms with Crippen LogP contribution in [0.4, 0.5) is 5.82 Å². The Morgan fingerprint density at radius 2 is 2.24 bits per heavy atom. The minimum atomic E-state index is -0.795. The molecule has 92 valence electrons. The monoisotopic (exact) mass is 235 g/mol. The van der Waals surface area contributed by atoms with E-state index in [2.05, 4.69) is 10.2 Å². The number of aromatic nitrogens is 2. The zero-order valence-corrected chi connectivity index (χ0v) is 9.96. The minimum Gasteiger partial charge on any atom is -0.481 e. The normalized spacial score (nSPS) is 15.4. The van der Waals surface area contributed by atoms with Crippen molar-refractivity contribution in [3.63, 3.8) is 0 Å². The van der Waals surface area contributed by atoms with Gasteiger partial charge in [-0.1, -0.05) is 6.42 Å². The summed E-state index contributed by atoms with van der Waals surface area (Å²) < 4.78 is 0. The van der Waals surface area contributed by atoms with E-state index in [1.165, 1.54) is 19.3 Å². The lowest BCUT2D eigenvalue weighted by atomic mass is 9.83. The molecular formula is C12H17N3O2. The molecular weight excluding hydrogens is 218 g/mol. The standard InChI is InChI=1S/C12H17N3O2/c1-15(8-7-12(16)17)11-6-5-10(13-14-11)9-3-2-4-9/h5-6,9H,2-4,7-8H2,1H3,(H,16,17). The molecule has 0 saturated heterocycles. The summed E-state index contributed by atoms with van der Waals surface area (Å²) in [6.45, 7) is 0.451. The average Bonchev–Trinajstić information content (AvgIpc) is 2.24. The maximum Gasteiger partial charge on any atom is 0.305 e. The number of carboxylic acid groups (broad SMARTS) is 1. The van der Waals surface area contributed by atoms with Crippen LogP contribution < -0.4 is 4.90 Å². The number of carbonyl (C=O) groups is 1. The molecule has 0 atom stereocenters.